The van der Waals surface area contributed by atoms with Gasteiger partial charge in [-0.05, 0) is 13.8 Å². The molecule has 0 radical (unpaired) electrons. The Morgan fingerprint density at radius 1 is 0.781 bits per heavy atom. The van der Waals surface area contributed by atoms with Crippen molar-refractivity contribution in [1.29, 1.82) is 0 Å². The van der Waals surface area contributed by atoms with Crippen molar-refractivity contribution < 1.29 is 19.8 Å². The van der Waals surface area contributed by atoms with Gasteiger partial charge in [-0.3, -0.25) is 9.59 Å². The van der Waals surface area contributed by atoms with Crippen LogP contribution in [0, 0.1) is 0 Å². The normalized spacial score (nSPS) is 14.3. The fraction of sp³-hybridized carbons (Fsp3) is 0.700. The highest BCUT2D eigenvalue weighted by Gasteiger charge is 2.16. The molecule has 12 heteroatoms. The van der Waals surface area contributed by atoms with Crippen molar-refractivity contribution in [3.05, 3.63) is 21.2 Å². The maximum atomic E-state index is 11.7. The number of hydrogen-bond acceptors (Lipinski definition) is 6. The molecule has 0 aliphatic carbocycles. The molecule has 0 saturated heterocycles. The van der Waals surface area contributed by atoms with E-state index in [0.717, 1.165) is 59.4 Å². The molecule has 0 aliphatic rings. The van der Waals surface area contributed by atoms with Crippen LogP contribution in [0.2, 0.25) is 0 Å². The first kappa shape index (κ1) is 32.8. The maximum absolute atomic E-state index is 11.7. The Morgan fingerprint density at radius 2 is 1.16 bits per heavy atom. The lowest BCUT2D eigenvalue weighted by Gasteiger charge is -2.22. The third kappa shape index (κ3) is 14.2. The van der Waals surface area contributed by atoms with Gasteiger partial charge in [-0.15, -0.1) is 0 Å². The summed E-state index contributed by atoms with van der Waals surface area (Å²) in [5.41, 5.74) is 1.77. The second-order valence-corrected chi connectivity index (χ2v) is 17.2. The van der Waals surface area contributed by atoms with E-state index in [2.05, 4.69) is 13.3 Å². The summed E-state index contributed by atoms with van der Waals surface area (Å²) in [7, 11) is 4.90. The summed E-state index contributed by atoms with van der Waals surface area (Å²) in [6, 6.07) is 0. The monoisotopic (exact) mass is 564 g/mol. The van der Waals surface area contributed by atoms with Crippen LogP contribution in [-0.2, 0) is 9.59 Å². The second kappa shape index (κ2) is 22.2. The zero-order valence-electron chi connectivity index (χ0n) is 20.0. The molecule has 0 rings (SSSR count). The van der Waals surface area contributed by atoms with E-state index < -0.39 is 0 Å². The molecule has 6 nitrogen and oxygen atoms in total. The lowest BCUT2D eigenvalue weighted by atomic mass is 10.3. The van der Waals surface area contributed by atoms with Gasteiger partial charge in [-0.25, -0.2) is 0 Å². The zero-order chi connectivity index (χ0) is 24.2. The lowest BCUT2D eigenvalue weighted by molar-refractivity contribution is -0.117. The number of aliphatic hydroxyl groups is 2. The molecule has 0 aromatic rings. The molecule has 32 heavy (non-hydrogen) atoms. The van der Waals surface area contributed by atoms with E-state index in [1.165, 1.54) is 33.4 Å². The summed E-state index contributed by atoms with van der Waals surface area (Å²) >= 11 is 0. The highest BCUT2D eigenvalue weighted by atomic mass is 33.1. The van der Waals surface area contributed by atoms with E-state index in [9.17, 15) is 19.8 Å². The fourth-order valence-electron chi connectivity index (χ4n) is 2.82. The Hall–Kier alpha value is 0.760. The third-order valence-corrected chi connectivity index (χ3v) is 15.5. The highest BCUT2D eigenvalue weighted by molar-refractivity contribution is 8.79. The summed E-state index contributed by atoms with van der Waals surface area (Å²) < 4.78 is 0. The Balaban J connectivity index is 5.39. The maximum Gasteiger partial charge on any atom is 0.214 e. The van der Waals surface area contributed by atoms with E-state index in [1.807, 2.05) is 13.8 Å². The number of nitrogens with zero attached hydrogens (tertiary/aromatic N) is 2. The molecule has 0 spiro atoms. The van der Waals surface area contributed by atoms with Gasteiger partial charge in [0.25, 0.3) is 0 Å². The van der Waals surface area contributed by atoms with Gasteiger partial charge in [0.2, 0.25) is 12.8 Å². The van der Waals surface area contributed by atoms with Crippen LogP contribution >= 0.6 is 55.9 Å². The van der Waals surface area contributed by atoms with Crippen LogP contribution in [0.15, 0.2) is 21.2 Å². The number of aliphatic hydroxyl groups excluding tert-OH is 2. The van der Waals surface area contributed by atoms with Crippen LogP contribution in [0.4, 0.5) is 0 Å². The topological polar surface area (TPSA) is 81.1 Å². The summed E-state index contributed by atoms with van der Waals surface area (Å²) in [5.74, 6) is 2.65. The summed E-state index contributed by atoms with van der Waals surface area (Å²) in [6.45, 7) is 9.88. The number of amides is 2. The van der Waals surface area contributed by atoms with Crippen molar-refractivity contribution in [2.75, 3.05) is 63.8 Å². The summed E-state index contributed by atoms with van der Waals surface area (Å²) in [5, 5.41) is 19.1. The first-order valence-electron chi connectivity index (χ1n) is 11.1. The zero-order valence-corrected chi connectivity index (χ0v) is 26.2. The van der Waals surface area contributed by atoms with Crippen molar-refractivity contribution in [2.24, 2.45) is 0 Å². The van der Waals surface area contributed by atoms with Crippen molar-refractivity contribution in [2.45, 2.75) is 26.7 Å². The Bertz CT molecular complexity index is 548. The minimum Gasteiger partial charge on any atom is -0.396 e. The van der Waals surface area contributed by atoms with Gasteiger partial charge in [-0.2, -0.15) is 0 Å². The molecule has 0 aromatic carbocycles. The van der Waals surface area contributed by atoms with Gasteiger partial charge < -0.3 is 20.0 Å². The molecular weight excluding hydrogens is 520 g/mol. The molecule has 0 bridgehead atoms. The van der Waals surface area contributed by atoms with E-state index >= 15 is 0 Å². The smallest absolute Gasteiger partial charge is 0.214 e. The molecule has 0 aromatic heterocycles. The van der Waals surface area contributed by atoms with Crippen molar-refractivity contribution in [1.82, 2.24) is 9.80 Å². The molecule has 0 aliphatic heterocycles. The van der Waals surface area contributed by atoms with Crippen LogP contribution in [-0.4, -0.2) is 96.6 Å². The first-order chi connectivity index (χ1) is 15.5. The number of allylic oxidation sites excluding steroid dienone is 2. The Morgan fingerprint density at radius 3 is 1.44 bits per heavy atom. The quantitative estimate of drug-likeness (QED) is 0.0964. The standard InChI is InChI=1S/C20H40N2O4P4S2/c1-17(21(13-25)7-11-29-15-27-3)19(5-9-23)31-32-20(6-10-24)18(2)22(14-26)8-12-30-16-28-4/h13-14,23-24,27-30H,5-12,15-16H2,1-4H3/p+4/b19-17+,20-18+. The van der Waals surface area contributed by atoms with Crippen molar-refractivity contribution in [3.63, 3.8) is 0 Å². The molecule has 0 fully saturated rings. The minimum atomic E-state index is 0.0120. The summed E-state index contributed by atoms with van der Waals surface area (Å²) in [4.78, 5) is 28.8. The Kier molecular flexibility index (Phi) is 22.8. The predicted octanol–water partition coefficient (Wildman–Crippen LogP) is 3.33. The number of rotatable bonds is 21. The lowest BCUT2D eigenvalue weighted by Crippen LogP contribution is -2.24. The average Bonchev–Trinajstić information content (AvgIpc) is 2.80. The van der Waals surface area contributed by atoms with Crippen LogP contribution in [0.3, 0.4) is 0 Å². The van der Waals surface area contributed by atoms with Gasteiger partial charge in [0.15, 0.2) is 11.8 Å². The molecule has 0 heterocycles. The van der Waals surface area contributed by atoms with Gasteiger partial charge in [-0.1, -0.05) is 21.6 Å². The molecule has 4 unspecified atom stereocenters. The Labute approximate surface area is 209 Å². The van der Waals surface area contributed by atoms with Crippen LogP contribution in [0.5, 0.6) is 0 Å². The third-order valence-electron chi connectivity index (χ3n) is 4.80. The van der Waals surface area contributed by atoms with Crippen LogP contribution in [0.25, 0.3) is 0 Å². The molecule has 186 valence electrons. The summed E-state index contributed by atoms with van der Waals surface area (Å²) in [6.07, 6.45) is 4.86. The van der Waals surface area contributed by atoms with Gasteiger partial charge >= 0.3 is 0 Å². The molecule has 2 amide bonds. The minimum absolute atomic E-state index is 0.0120. The molecular formula is C20H44N2O4P4S2+4. The van der Waals surface area contributed by atoms with Crippen LogP contribution < -0.4 is 0 Å². The van der Waals surface area contributed by atoms with E-state index in [1.54, 1.807) is 9.80 Å². The molecule has 2 N–H and O–H groups in total. The fourth-order valence-corrected chi connectivity index (χ4v) is 11.1. The number of carbonyl (C=O) groups is 2. The second-order valence-electron chi connectivity index (χ2n) is 7.17. The van der Waals surface area contributed by atoms with E-state index in [0.29, 0.717) is 47.2 Å². The predicted molar refractivity (Wildman–Crippen MR) is 160 cm³/mol. The van der Waals surface area contributed by atoms with Crippen molar-refractivity contribution >= 4 is 68.7 Å². The number of hydrogen-bond donors (Lipinski definition) is 2. The average molecular weight is 565 g/mol. The van der Waals surface area contributed by atoms with Crippen LogP contribution in [0.1, 0.15) is 26.7 Å². The van der Waals surface area contributed by atoms with Gasteiger partial charge in [0.1, 0.15) is 0 Å². The molecule has 4 atom stereocenters. The van der Waals surface area contributed by atoms with E-state index in [4.69, 9.17) is 0 Å². The highest BCUT2D eigenvalue weighted by Crippen LogP contribution is 2.42. The first-order valence-corrected chi connectivity index (χ1v) is 20.4. The SMILES string of the molecule is C[PH2+]C[PH2+]CCN(C=O)/C(C)=C(\CCO)SS/C(CCO)=C(\C)N(C=O)CC[PH2+]C[PH2+]C. The largest absolute Gasteiger partial charge is 0.396 e. The van der Waals surface area contributed by atoms with Gasteiger partial charge in [0, 0.05) is 94.9 Å². The van der Waals surface area contributed by atoms with E-state index in [-0.39, 0.29) is 13.2 Å². The number of carbonyl (C=O) groups excluding carboxylic acids is 2. The van der Waals surface area contributed by atoms with Crippen molar-refractivity contribution in [3.8, 4) is 0 Å². The van der Waals surface area contributed by atoms with Gasteiger partial charge in [0.05, 0.1) is 25.4 Å². The molecule has 0 saturated carbocycles.